The normalized spacial score (nSPS) is 10.9. The first-order chi connectivity index (χ1) is 15.1. The first kappa shape index (κ1) is 20.4. The van der Waals surface area contributed by atoms with E-state index in [4.69, 9.17) is 26.0 Å². The van der Waals surface area contributed by atoms with Crippen LogP contribution in [-0.4, -0.2) is 40.8 Å². The minimum absolute atomic E-state index is 0.451. The van der Waals surface area contributed by atoms with E-state index in [0.29, 0.717) is 35.9 Å². The number of ether oxygens (including phenoxy) is 2. The molecule has 0 saturated carbocycles. The first-order valence-electron chi connectivity index (χ1n) is 9.87. The maximum absolute atomic E-state index is 11.3. The molecule has 158 valence electrons. The Balaban J connectivity index is 1.69. The summed E-state index contributed by atoms with van der Waals surface area (Å²) in [5.41, 5.74) is 15.3. The Morgan fingerprint density at radius 1 is 1.03 bits per heavy atom. The second kappa shape index (κ2) is 8.85. The number of amides is 1. The van der Waals surface area contributed by atoms with Crippen molar-refractivity contribution >= 4 is 11.6 Å². The summed E-state index contributed by atoms with van der Waals surface area (Å²) >= 11 is 0. The van der Waals surface area contributed by atoms with E-state index >= 15 is 0 Å². The number of nitrogens with two attached hydrogens (primary N) is 2. The van der Waals surface area contributed by atoms with Crippen LogP contribution in [0.1, 0.15) is 16.8 Å². The van der Waals surface area contributed by atoms with Crippen LogP contribution in [0.15, 0.2) is 60.8 Å². The van der Waals surface area contributed by atoms with E-state index in [1.807, 2.05) is 42.5 Å². The van der Waals surface area contributed by atoms with Gasteiger partial charge in [-0.05, 0) is 55.4 Å². The number of benzene rings is 2. The molecule has 0 fully saturated rings. The third kappa shape index (κ3) is 4.19. The van der Waals surface area contributed by atoms with Crippen LogP contribution in [0.2, 0.25) is 0 Å². The second-order valence-electron chi connectivity index (χ2n) is 6.93. The van der Waals surface area contributed by atoms with Crippen molar-refractivity contribution in [3.63, 3.8) is 0 Å². The number of imidazole rings is 1. The number of methoxy groups -OCH3 is 1. The average Bonchev–Trinajstić information content (AvgIpc) is 3.22. The molecule has 0 spiro atoms. The van der Waals surface area contributed by atoms with Crippen molar-refractivity contribution < 1.29 is 14.3 Å². The molecule has 4 N–H and O–H groups in total. The van der Waals surface area contributed by atoms with Gasteiger partial charge in [-0.2, -0.15) is 5.10 Å². The molecule has 4 aromatic rings. The third-order valence-corrected chi connectivity index (χ3v) is 4.89. The van der Waals surface area contributed by atoms with Crippen molar-refractivity contribution in [3.05, 3.63) is 66.4 Å². The maximum Gasteiger partial charge on any atom is 0.248 e. The van der Waals surface area contributed by atoms with Gasteiger partial charge in [-0.3, -0.25) is 4.79 Å². The van der Waals surface area contributed by atoms with Gasteiger partial charge in [-0.15, -0.1) is 0 Å². The van der Waals surface area contributed by atoms with E-state index < -0.39 is 5.91 Å². The van der Waals surface area contributed by atoms with Crippen molar-refractivity contribution in [2.75, 3.05) is 20.3 Å². The van der Waals surface area contributed by atoms with E-state index in [1.165, 1.54) is 0 Å². The highest BCUT2D eigenvalue weighted by Crippen LogP contribution is 2.32. The van der Waals surface area contributed by atoms with E-state index in [-0.39, 0.29) is 0 Å². The molecule has 2 aromatic carbocycles. The van der Waals surface area contributed by atoms with Gasteiger partial charge in [0.05, 0.1) is 31.3 Å². The van der Waals surface area contributed by atoms with E-state index in [2.05, 4.69) is 4.98 Å². The molecule has 0 bridgehead atoms. The molecule has 8 heteroatoms. The molecule has 1 amide bonds. The SMILES string of the molecule is COc1cc(-c2ccc3ncc(-c4ccc(C(N)=O)cc4)n3n2)ccc1OCCCN. The number of primary amides is 1. The molecule has 0 unspecified atom stereocenters. The van der Waals surface area contributed by atoms with Crippen LogP contribution >= 0.6 is 0 Å². The van der Waals surface area contributed by atoms with E-state index in [0.717, 1.165) is 28.9 Å². The largest absolute Gasteiger partial charge is 0.493 e. The zero-order valence-electron chi connectivity index (χ0n) is 17.1. The van der Waals surface area contributed by atoms with Crippen molar-refractivity contribution in [1.29, 1.82) is 0 Å². The number of fused-ring (bicyclic) bond motifs is 1. The molecule has 0 radical (unpaired) electrons. The van der Waals surface area contributed by atoms with Crippen LogP contribution in [0, 0.1) is 0 Å². The summed E-state index contributed by atoms with van der Waals surface area (Å²) in [5, 5.41) is 4.77. The Morgan fingerprint density at radius 2 is 1.81 bits per heavy atom. The van der Waals surface area contributed by atoms with Crippen LogP contribution < -0.4 is 20.9 Å². The van der Waals surface area contributed by atoms with Crippen LogP contribution in [-0.2, 0) is 0 Å². The fourth-order valence-electron chi connectivity index (χ4n) is 3.24. The van der Waals surface area contributed by atoms with Crippen LogP contribution in [0.5, 0.6) is 11.5 Å². The van der Waals surface area contributed by atoms with Crippen molar-refractivity contribution in [2.45, 2.75) is 6.42 Å². The number of hydrogen-bond acceptors (Lipinski definition) is 6. The number of hydrogen-bond donors (Lipinski definition) is 2. The molecule has 0 aliphatic carbocycles. The molecular weight excluding hydrogens is 394 g/mol. The van der Waals surface area contributed by atoms with E-state index in [1.54, 1.807) is 30.0 Å². The van der Waals surface area contributed by atoms with Crippen LogP contribution in [0.3, 0.4) is 0 Å². The Bertz CT molecular complexity index is 1220. The lowest BCUT2D eigenvalue weighted by Crippen LogP contribution is -2.10. The number of rotatable bonds is 8. The van der Waals surface area contributed by atoms with Gasteiger partial charge in [-0.25, -0.2) is 9.50 Å². The molecule has 2 aromatic heterocycles. The predicted molar refractivity (Wildman–Crippen MR) is 118 cm³/mol. The zero-order chi connectivity index (χ0) is 21.8. The molecule has 0 aliphatic rings. The molecule has 0 saturated heterocycles. The van der Waals surface area contributed by atoms with E-state index in [9.17, 15) is 4.79 Å². The molecule has 2 heterocycles. The standard InChI is InChI=1S/C23H23N5O3/c1-30-21-13-17(7-9-20(21)31-12-2-11-24)18-8-10-22-26-14-19(28(22)27-18)15-3-5-16(6-4-15)23(25)29/h3-10,13-14H,2,11-12,24H2,1H3,(H2,25,29). The lowest BCUT2D eigenvalue weighted by Gasteiger charge is -2.12. The smallest absolute Gasteiger partial charge is 0.248 e. The van der Waals surface area contributed by atoms with Crippen LogP contribution in [0.4, 0.5) is 0 Å². The number of carbonyl (C=O) groups excluding carboxylic acids is 1. The minimum Gasteiger partial charge on any atom is -0.493 e. The number of aromatic nitrogens is 3. The quantitative estimate of drug-likeness (QED) is 0.426. The first-order valence-corrected chi connectivity index (χ1v) is 9.87. The van der Waals surface area contributed by atoms with Crippen molar-refractivity contribution in [1.82, 2.24) is 14.6 Å². The Kier molecular flexibility index (Phi) is 5.81. The Morgan fingerprint density at radius 3 is 2.52 bits per heavy atom. The Hall–Kier alpha value is -3.91. The zero-order valence-corrected chi connectivity index (χ0v) is 17.1. The summed E-state index contributed by atoms with van der Waals surface area (Å²) in [5.74, 6) is 0.831. The topological polar surface area (TPSA) is 118 Å². The highest BCUT2D eigenvalue weighted by molar-refractivity contribution is 5.93. The van der Waals surface area contributed by atoms with Crippen molar-refractivity contribution in [3.8, 4) is 34.0 Å². The van der Waals surface area contributed by atoms with Gasteiger partial charge in [-0.1, -0.05) is 12.1 Å². The van der Waals surface area contributed by atoms with Gasteiger partial charge in [0.2, 0.25) is 5.91 Å². The average molecular weight is 417 g/mol. The van der Waals surface area contributed by atoms with Crippen molar-refractivity contribution in [2.24, 2.45) is 11.5 Å². The third-order valence-electron chi connectivity index (χ3n) is 4.89. The summed E-state index contributed by atoms with van der Waals surface area (Å²) in [6.07, 6.45) is 2.52. The monoisotopic (exact) mass is 417 g/mol. The molecule has 4 rings (SSSR count). The lowest BCUT2D eigenvalue weighted by molar-refractivity contribution is 0.100. The van der Waals surface area contributed by atoms with Crippen LogP contribution in [0.25, 0.3) is 28.2 Å². The van der Waals surface area contributed by atoms with Gasteiger partial charge < -0.3 is 20.9 Å². The molecule has 31 heavy (non-hydrogen) atoms. The fraction of sp³-hybridized carbons (Fsp3) is 0.174. The summed E-state index contributed by atoms with van der Waals surface area (Å²) in [6.45, 7) is 1.10. The summed E-state index contributed by atoms with van der Waals surface area (Å²) in [4.78, 5) is 15.8. The second-order valence-corrected chi connectivity index (χ2v) is 6.93. The van der Waals surface area contributed by atoms with Gasteiger partial charge in [0.25, 0.3) is 0 Å². The van der Waals surface area contributed by atoms with Gasteiger partial charge in [0.1, 0.15) is 0 Å². The summed E-state index contributed by atoms with van der Waals surface area (Å²) in [6, 6.07) is 16.5. The minimum atomic E-state index is -0.463. The van der Waals surface area contributed by atoms with Gasteiger partial charge in [0, 0.05) is 16.7 Å². The Labute approximate surface area is 179 Å². The maximum atomic E-state index is 11.3. The highest BCUT2D eigenvalue weighted by Gasteiger charge is 2.12. The fourth-order valence-corrected chi connectivity index (χ4v) is 3.24. The molecule has 8 nitrogen and oxygen atoms in total. The number of nitrogens with zero attached hydrogens (tertiary/aromatic N) is 3. The highest BCUT2D eigenvalue weighted by atomic mass is 16.5. The predicted octanol–water partition coefficient (Wildman–Crippen LogP) is 2.90. The van der Waals surface area contributed by atoms with Gasteiger partial charge >= 0.3 is 0 Å². The molecular formula is C23H23N5O3. The number of carbonyl (C=O) groups is 1. The van der Waals surface area contributed by atoms with Gasteiger partial charge in [0.15, 0.2) is 17.1 Å². The summed E-state index contributed by atoms with van der Waals surface area (Å²) < 4.78 is 13.0. The molecule has 0 aliphatic heterocycles. The summed E-state index contributed by atoms with van der Waals surface area (Å²) in [7, 11) is 1.61. The lowest BCUT2D eigenvalue weighted by atomic mass is 10.1. The molecule has 0 atom stereocenters.